The third-order valence-corrected chi connectivity index (χ3v) is 3.84. The molecule has 1 aromatic rings. The largest absolute Gasteiger partial charge is 0.466 e. The van der Waals surface area contributed by atoms with Crippen LogP contribution in [0.2, 0.25) is 0 Å². The number of nitrogen functional groups attached to an aromatic ring is 1. The molecule has 0 saturated carbocycles. The van der Waals surface area contributed by atoms with E-state index in [1.165, 1.54) is 11.0 Å². The van der Waals surface area contributed by atoms with Crippen molar-refractivity contribution in [1.82, 2.24) is 4.90 Å². The van der Waals surface area contributed by atoms with Gasteiger partial charge in [0.1, 0.15) is 0 Å². The summed E-state index contributed by atoms with van der Waals surface area (Å²) in [6.45, 7) is 2.56. The molecule has 2 rings (SSSR count). The quantitative estimate of drug-likeness (QED) is 0.642. The Morgan fingerprint density at radius 1 is 1.29 bits per heavy atom. The summed E-state index contributed by atoms with van der Waals surface area (Å²) in [4.78, 5) is 37.4. The van der Waals surface area contributed by atoms with E-state index in [1.807, 2.05) is 0 Å². The van der Waals surface area contributed by atoms with Crippen molar-refractivity contribution < 1.29 is 23.9 Å². The number of esters is 2. The van der Waals surface area contributed by atoms with Crippen molar-refractivity contribution in [2.24, 2.45) is 5.92 Å². The van der Waals surface area contributed by atoms with Gasteiger partial charge in [0.05, 0.1) is 18.1 Å². The van der Waals surface area contributed by atoms with Crippen molar-refractivity contribution in [3.8, 4) is 0 Å². The van der Waals surface area contributed by atoms with Gasteiger partial charge in [-0.25, -0.2) is 4.79 Å². The highest BCUT2D eigenvalue weighted by Gasteiger charge is 2.29. The normalized spacial score (nSPS) is 17.2. The minimum atomic E-state index is -0.602. The van der Waals surface area contributed by atoms with Crippen molar-refractivity contribution in [3.05, 3.63) is 29.8 Å². The Kier molecular flexibility index (Phi) is 6.17. The van der Waals surface area contributed by atoms with Crippen LogP contribution in [-0.4, -0.2) is 49.0 Å². The molecule has 1 unspecified atom stereocenters. The number of anilines is 1. The molecule has 2 N–H and O–H groups in total. The summed E-state index contributed by atoms with van der Waals surface area (Å²) in [6, 6.07) is 6.36. The van der Waals surface area contributed by atoms with E-state index in [9.17, 15) is 14.4 Å². The molecule has 24 heavy (non-hydrogen) atoms. The van der Waals surface area contributed by atoms with E-state index in [0.29, 0.717) is 37.4 Å². The topological polar surface area (TPSA) is 98.9 Å². The summed E-state index contributed by atoms with van der Waals surface area (Å²) in [5.74, 6) is -1.52. The second kappa shape index (κ2) is 8.33. The van der Waals surface area contributed by atoms with Crippen LogP contribution in [0.1, 0.15) is 30.1 Å². The first-order valence-electron chi connectivity index (χ1n) is 7.98. The molecule has 1 saturated heterocycles. The lowest BCUT2D eigenvalue weighted by Gasteiger charge is -2.31. The smallest absolute Gasteiger partial charge is 0.338 e. The number of ether oxygens (including phenoxy) is 2. The van der Waals surface area contributed by atoms with E-state index in [0.717, 1.165) is 6.42 Å². The molecule has 1 amide bonds. The molecular formula is C17H22N2O5. The van der Waals surface area contributed by atoms with Crippen LogP contribution < -0.4 is 5.73 Å². The predicted molar refractivity (Wildman–Crippen MR) is 87.1 cm³/mol. The number of hydrogen-bond acceptors (Lipinski definition) is 6. The van der Waals surface area contributed by atoms with Crippen LogP contribution in [0.3, 0.4) is 0 Å². The highest BCUT2D eigenvalue weighted by Crippen LogP contribution is 2.18. The lowest BCUT2D eigenvalue weighted by Crippen LogP contribution is -2.44. The van der Waals surface area contributed by atoms with Gasteiger partial charge >= 0.3 is 11.9 Å². The number of piperidine rings is 1. The zero-order valence-electron chi connectivity index (χ0n) is 13.7. The molecule has 7 nitrogen and oxygen atoms in total. The number of rotatable bonds is 5. The van der Waals surface area contributed by atoms with Gasteiger partial charge in [0, 0.05) is 18.8 Å². The van der Waals surface area contributed by atoms with Gasteiger partial charge in [-0.1, -0.05) is 6.07 Å². The van der Waals surface area contributed by atoms with Gasteiger partial charge in [-0.3, -0.25) is 9.59 Å². The maximum absolute atomic E-state index is 12.2. The third kappa shape index (κ3) is 4.71. The predicted octanol–water partition coefficient (Wildman–Crippen LogP) is 1.23. The van der Waals surface area contributed by atoms with Gasteiger partial charge < -0.3 is 20.1 Å². The van der Waals surface area contributed by atoms with Gasteiger partial charge in [0.2, 0.25) is 0 Å². The van der Waals surface area contributed by atoms with Gasteiger partial charge in [0.25, 0.3) is 5.91 Å². The average Bonchev–Trinajstić information content (AvgIpc) is 2.59. The molecule has 0 aromatic heterocycles. The monoisotopic (exact) mass is 334 g/mol. The zero-order valence-corrected chi connectivity index (χ0v) is 13.7. The number of likely N-dealkylation sites (tertiary alicyclic amines) is 1. The number of carbonyl (C=O) groups is 3. The minimum Gasteiger partial charge on any atom is -0.466 e. The fourth-order valence-corrected chi connectivity index (χ4v) is 2.62. The first kappa shape index (κ1) is 17.8. The van der Waals surface area contributed by atoms with Crippen molar-refractivity contribution in [3.63, 3.8) is 0 Å². The van der Waals surface area contributed by atoms with Crippen molar-refractivity contribution in [1.29, 1.82) is 0 Å². The molecule has 7 heteroatoms. The zero-order chi connectivity index (χ0) is 17.5. The molecular weight excluding hydrogens is 312 g/mol. The number of hydrogen-bond donors (Lipinski definition) is 1. The van der Waals surface area contributed by atoms with Crippen LogP contribution in [-0.2, 0) is 19.1 Å². The molecule has 1 aromatic carbocycles. The average molecular weight is 334 g/mol. The van der Waals surface area contributed by atoms with Crippen molar-refractivity contribution >= 4 is 23.5 Å². The summed E-state index contributed by atoms with van der Waals surface area (Å²) >= 11 is 0. The highest BCUT2D eigenvalue weighted by atomic mass is 16.5. The Morgan fingerprint density at radius 2 is 2.08 bits per heavy atom. The fourth-order valence-electron chi connectivity index (χ4n) is 2.62. The van der Waals surface area contributed by atoms with Gasteiger partial charge in [0.15, 0.2) is 6.61 Å². The Balaban J connectivity index is 1.85. The van der Waals surface area contributed by atoms with Gasteiger partial charge in [-0.15, -0.1) is 0 Å². The molecule has 1 atom stereocenters. The van der Waals surface area contributed by atoms with Crippen LogP contribution in [0, 0.1) is 5.92 Å². The maximum atomic E-state index is 12.2. The van der Waals surface area contributed by atoms with E-state index >= 15 is 0 Å². The Labute approximate surface area is 140 Å². The van der Waals surface area contributed by atoms with E-state index in [1.54, 1.807) is 25.1 Å². The summed E-state index contributed by atoms with van der Waals surface area (Å²) < 4.78 is 10.0. The molecule has 1 aliphatic rings. The minimum absolute atomic E-state index is 0.285. The summed E-state index contributed by atoms with van der Waals surface area (Å²) in [7, 11) is 0. The lowest BCUT2D eigenvalue weighted by molar-refractivity contribution is -0.151. The highest BCUT2D eigenvalue weighted by molar-refractivity contribution is 5.92. The van der Waals surface area contributed by atoms with E-state index in [2.05, 4.69) is 0 Å². The lowest BCUT2D eigenvalue weighted by atomic mass is 9.98. The van der Waals surface area contributed by atoms with Crippen LogP contribution in [0.4, 0.5) is 5.69 Å². The summed E-state index contributed by atoms with van der Waals surface area (Å²) in [5, 5.41) is 0. The summed E-state index contributed by atoms with van der Waals surface area (Å²) in [6.07, 6.45) is 1.42. The Bertz CT molecular complexity index is 617. The second-order valence-corrected chi connectivity index (χ2v) is 5.63. The summed E-state index contributed by atoms with van der Waals surface area (Å²) in [5.41, 5.74) is 6.36. The number of benzene rings is 1. The molecule has 1 heterocycles. The number of nitrogens with zero attached hydrogens (tertiary/aromatic N) is 1. The molecule has 1 aliphatic heterocycles. The van der Waals surface area contributed by atoms with Crippen LogP contribution in [0.15, 0.2) is 24.3 Å². The number of amides is 1. The Hall–Kier alpha value is -2.57. The SMILES string of the molecule is CCOC(=O)C1CCCN(C(=O)COC(=O)c2cccc(N)c2)C1. The molecule has 1 fully saturated rings. The van der Waals surface area contributed by atoms with Gasteiger partial charge in [-0.2, -0.15) is 0 Å². The molecule has 0 radical (unpaired) electrons. The van der Waals surface area contributed by atoms with E-state index < -0.39 is 5.97 Å². The number of nitrogens with two attached hydrogens (primary N) is 1. The third-order valence-electron chi connectivity index (χ3n) is 3.84. The van der Waals surface area contributed by atoms with Crippen LogP contribution >= 0.6 is 0 Å². The van der Waals surface area contributed by atoms with Crippen molar-refractivity contribution in [2.75, 3.05) is 32.0 Å². The van der Waals surface area contributed by atoms with Crippen molar-refractivity contribution in [2.45, 2.75) is 19.8 Å². The first-order chi connectivity index (χ1) is 11.5. The van der Waals surface area contributed by atoms with Crippen LogP contribution in [0.5, 0.6) is 0 Å². The standard InChI is InChI=1S/C17H22N2O5/c1-2-23-17(22)13-6-4-8-19(10-13)15(20)11-24-16(21)12-5-3-7-14(18)9-12/h3,5,7,9,13H,2,4,6,8,10-11,18H2,1H3. The van der Waals surface area contributed by atoms with Gasteiger partial charge in [-0.05, 0) is 38.0 Å². The number of carbonyl (C=O) groups excluding carboxylic acids is 3. The second-order valence-electron chi connectivity index (χ2n) is 5.63. The molecule has 0 spiro atoms. The van der Waals surface area contributed by atoms with E-state index in [4.69, 9.17) is 15.2 Å². The Morgan fingerprint density at radius 3 is 2.79 bits per heavy atom. The first-order valence-corrected chi connectivity index (χ1v) is 7.98. The van der Waals surface area contributed by atoms with E-state index in [-0.39, 0.29) is 24.4 Å². The molecule has 0 bridgehead atoms. The molecule has 130 valence electrons. The van der Waals surface area contributed by atoms with Crippen LogP contribution in [0.25, 0.3) is 0 Å². The maximum Gasteiger partial charge on any atom is 0.338 e. The molecule has 0 aliphatic carbocycles. The fraction of sp³-hybridized carbons (Fsp3) is 0.471.